The minimum Gasteiger partial charge on any atom is -0.497 e. The summed E-state index contributed by atoms with van der Waals surface area (Å²) in [5, 5.41) is 2.59. The molecule has 0 unspecified atom stereocenters. The quantitative estimate of drug-likeness (QED) is 0.0183. The SMILES string of the molecule is CC(C)C(=O)N(CCN)Cc1ccc(Cl)cc1.CC(C)C(=O)N(CCN)Cc1ccc(Cl)cc1Cl.CC(C)C(=O)N(CCN)Cc1ccc(I)cc1.CCN(CC)CCN(Cc1ccc(Cl)cc1)C(=O)C(C)C.COc1ccc(CN(CCN)C(=O)C(C)C)cc1.CSc1ccc(CN(CCN)C(=O)C(C)C)cc1. The third-order valence-corrected chi connectivity index (χ3v) is 19.3. The molecule has 0 saturated heterocycles. The molecule has 19 nitrogen and oxygen atoms in total. The molecule has 0 fully saturated rings. The zero-order chi connectivity index (χ0) is 82.3. The summed E-state index contributed by atoms with van der Waals surface area (Å²) in [5.41, 5.74) is 34.2. The van der Waals surface area contributed by atoms with Gasteiger partial charge in [0.1, 0.15) is 5.75 Å². The van der Waals surface area contributed by atoms with Gasteiger partial charge in [0.25, 0.3) is 0 Å². The molecule has 606 valence electrons. The highest BCUT2D eigenvalue weighted by atomic mass is 127. The lowest BCUT2D eigenvalue weighted by Gasteiger charge is -2.28. The lowest BCUT2D eigenvalue weighted by Crippen LogP contribution is -2.40. The van der Waals surface area contributed by atoms with E-state index in [1.807, 2.05) is 177 Å². The number of hydrogen-bond donors (Lipinski definition) is 5. The first kappa shape index (κ1) is 101. The van der Waals surface area contributed by atoms with Gasteiger partial charge in [-0.15, -0.1) is 11.8 Å². The van der Waals surface area contributed by atoms with Gasteiger partial charge in [-0.1, -0.05) is 210 Å². The minimum absolute atomic E-state index is 0.00482. The maximum absolute atomic E-state index is 12.4. The number of likely N-dealkylation sites (N-methyl/N-ethyl adjacent to an activating group) is 1. The van der Waals surface area contributed by atoms with Crippen LogP contribution in [0.15, 0.2) is 144 Å². The predicted molar refractivity (Wildman–Crippen MR) is 464 cm³/mol. The van der Waals surface area contributed by atoms with E-state index in [-0.39, 0.29) is 71.0 Å². The lowest BCUT2D eigenvalue weighted by molar-refractivity contribution is -0.136. The number of nitrogens with two attached hydrogens (primary N) is 5. The molecule has 0 saturated carbocycles. The van der Waals surface area contributed by atoms with Gasteiger partial charge < -0.3 is 67.7 Å². The van der Waals surface area contributed by atoms with Gasteiger partial charge in [-0.3, -0.25) is 28.8 Å². The van der Waals surface area contributed by atoms with Gasteiger partial charge in [-0.25, -0.2) is 0 Å². The fraction of sp³-hybridized carbons (Fsp3) is 0.500. The van der Waals surface area contributed by atoms with Crippen molar-refractivity contribution in [1.29, 1.82) is 0 Å². The monoisotopic (exact) mass is 1710 g/mol. The van der Waals surface area contributed by atoms with E-state index in [0.29, 0.717) is 120 Å². The van der Waals surface area contributed by atoms with Crippen LogP contribution in [0.2, 0.25) is 20.1 Å². The summed E-state index contributed by atoms with van der Waals surface area (Å²) in [6.07, 6.45) is 2.05. The number of carbonyl (C=O) groups is 6. The summed E-state index contributed by atoms with van der Waals surface area (Å²) in [4.78, 5) is 86.8. The molecule has 109 heavy (non-hydrogen) atoms. The molecule has 0 aliphatic carbocycles. The summed E-state index contributed by atoms with van der Waals surface area (Å²) in [6.45, 7) is 39.8. The van der Waals surface area contributed by atoms with Crippen molar-refractivity contribution >= 4 is 116 Å². The van der Waals surface area contributed by atoms with Gasteiger partial charge in [0.05, 0.1) is 7.11 Å². The Morgan fingerprint density at radius 2 is 0.624 bits per heavy atom. The fourth-order valence-electron chi connectivity index (χ4n) is 10.6. The van der Waals surface area contributed by atoms with Crippen LogP contribution >= 0.6 is 80.8 Å². The molecule has 0 aromatic heterocycles. The smallest absolute Gasteiger partial charge is 0.225 e. The molecule has 0 heterocycles. The van der Waals surface area contributed by atoms with Crippen LogP contribution in [0.5, 0.6) is 5.75 Å². The predicted octanol–water partition coefficient (Wildman–Crippen LogP) is 15.1. The summed E-state index contributed by atoms with van der Waals surface area (Å²) >= 11 is 27.7. The normalized spacial score (nSPS) is 10.8. The molecule has 0 radical (unpaired) electrons. The average molecular weight is 1720 g/mol. The lowest BCUT2D eigenvalue weighted by atomic mass is 10.1. The molecule has 0 aliphatic rings. The van der Waals surface area contributed by atoms with Gasteiger partial charge in [-0.05, 0) is 148 Å². The van der Waals surface area contributed by atoms with Gasteiger partial charge in [-0.2, -0.15) is 0 Å². The van der Waals surface area contributed by atoms with Crippen molar-refractivity contribution < 1.29 is 33.5 Å². The van der Waals surface area contributed by atoms with Crippen LogP contribution in [-0.2, 0) is 68.0 Å². The Hall–Kier alpha value is -6.06. The number of methoxy groups -OCH3 is 1. The first-order chi connectivity index (χ1) is 51.7. The molecule has 6 aromatic rings. The van der Waals surface area contributed by atoms with Crippen LogP contribution in [-0.4, -0.2) is 175 Å². The van der Waals surface area contributed by atoms with Crippen molar-refractivity contribution in [1.82, 2.24) is 34.3 Å². The van der Waals surface area contributed by atoms with Crippen LogP contribution in [0, 0.1) is 39.1 Å². The summed E-state index contributed by atoms with van der Waals surface area (Å²) in [6, 6.07) is 44.8. The molecule has 25 heteroatoms. The maximum Gasteiger partial charge on any atom is 0.225 e. The number of ether oxygens (including phenoxy) is 1. The van der Waals surface area contributed by atoms with Crippen LogP contribution in [0.3, 0.4) is 0 Å². The molecular formula is C84H127Cl4IN12O7S. The van der Waals surface area contributed by atoms with Crippen LogP contribution in [0.1, 0.15) is 130 Å². The van der Waals surface area contributed by atoms with Crippen molar-refractivity contribution in [2.24, 2.45) is 64.2 Å². The maximum atomic E-state index is 12.4. The average Bonchev–Trinajstić information content (AvgIpc) is 0.863. The first-order valence-electron chi connectivity index (χ1n) is 37.6. The topological polar surface area (TPSA) is 264 Å². The Bertz CT molecular complexity index is 3370. The number of halogens is 5. The van der Waals surface area contributed by atoms with E-state index in [9.17, 15) is 28.8 Å². The van der Waals surface area contributed by atoms with E-state index in [2.05, 4.69) is 96.1 Å². The van der Waals surface area contributed by atoms with E-state index in [1.54, 1.807) is 45.7 Å². The Morgan fingerprint density at radius 1 is 0.367 bits per heavy atom. The molecule has 6 rings (SSSR count). The van der Waals surface area contributed by atoms with Crippen LogP contribution < -0.4 is 33.4 Å². The third-order valence-electron chi connectivity index (χ3n) is 16.7. The highest BCUT2D eigenvalue weighted by Crippen LogP contribution is 2.24. The first-order valence-corrected chi connectivity index (χ1v) is 41.4. The fourth-order valence-corrected chi connectivity index (χ4v) is 12.1. The van der Waals surface area contributed by atoms with Crippen molar-refractivity contribution in [2.45, 2.75) is 141 Å². The molecule has 0 spiro atoms. The van der Waals surface area contributed by atoms with Gasteiger partial charge in [0, 0.05) is 182 Å². The zero-order valence-electron chi connectivity index (χ0n) is 67.6. The third kappa shape index (κ3) is 41.3. The van der Waals surface area contributed by atoms with Crippen LogP contribution in [0.4, 0.5) is 0 Å². The number of hydrogen-bond acceptors (Lipinski definition) is 14. The minimum atomic E-state index is -0.0531. The van der Waals surface area contributed by atoms with E-state index in [4.69, 9.17) is 79.8 Å². The molecular weight excluding hydrogens is 1590 g/mol. The van der Waals surface area contributed by atoms with Crippen molar-refractivity contribution in [3.63, 3.8) is 0 Å². The molecule has 6 aromatic carbocycles. The second kappa shape index (κ2) is 57.0. The van der Waals surface area contributed by atoms with Crippen LogP contribution in [0.25, 0.3) is 0 Å². The van der Waals surface area contributed by atoms with Gasteiger partial charge >= 0.3 is 0 Å². The molecule has 10 N–H and O–H groups in total. The second-order valence-corrected chi connectivity index (χ2v) is 31.6. The Labute approximate surface area is 691 Å². The van der Waals surface area contributed by atoms with E-state index in [1.165, 1.54) is 8.47 Å². The highest BCUT2D eigenvalue weighted by molar-refractivity contribution is 14.1. The molecule has 0 aliphatic heterocycles. The number of benzene rings is 6. The van der Waals surface area contributed by atoms with E-state index < -0.39 is 0 Å². The Balaban J connectivity index is 0.000000655. The molecule has 0 atom stereocenters. The summed E-state index contributed by atoms with van der Waals surface area (Å²) < 4.78 is 6.31. The number of thioether (sulfide) groups is 1. The molecule has 6 amide bonds. The number of rotatable bonds is 35. The van der Waals surface area contributed by atoms with E-state index in [0.717, 1.165) is 70.3 Å². The van der Waals surface area contributed by atoms with Crippen molar-refractivity contribution in [3.8, 4) is 5.75 Å². The number of carbonyl (C=O) groups excluding carboxylic acids is 6. The highest BCUT2D eigenvalue weighted by Gasteiger charge is 2.23. The largest absolute Gasteiger partial charge is 0.497 e. The number of nitrogens with zero attached hydrogens (tertiary/aromatic N) is 7. The van der Waals surface area contributed by atoms with Crippen molar-refractivity contribution in [3.05, 3.63) is 197 Å². The Kier molecular flexibility index (Phi) is 52.8. The van der Waals surface area contributed by atoms with Gasteiger partial charge in [0.2, 0.25) is 35.4 Å². The van der Waals surface area contributed by atoms with E-state index >= 15 is 0 Å². The zero-order valence-corrected chi connectivity index (χ0v) is 73.6. The molecule has 0 bridgehead atoms. The van der Waals surface area contributed by atoms with Crippen molar-refractivity contribution in [2.75, 3.05) is 105 Å². The summed E-state index contributed by atoms with van der Waals surface area (Å²) in [7, 11) is 1.64. The standard InChI is InChI=1S/C17H27ClN2O.C14H22N2O2.C14H22N2OS.C13H18Cl2N2O.C13H19ClN2O.C13H19IN2O/c1-5-19(6-2)11-12-20(17(21)14(3)4)13-15-7-9-16(18)10-8-15;2*1-11(2)14(17)16(9-8-15)10-12-4-6-13(18-3)7-5-12;1-9(2)13(18)17(6-5-16)8-10-3-4-11(14)7-12(10)15;2*1-10(2)13(17)16(8-7-15)9-11-3-5-12(14)6-4-11/h7-10,14H,5-6,11-13H2,1-4H3;2*4-7,11H,8-10,15H2,1-3H3;3-4,7,9H,5-6,8,16H2,1-2H3;2*3-6,10H,7-9,15H2,1-2H3. The second-order valence-electron chi connectivity index (χ2n) is 27.8. The Morgan fingerprint density at radius 3 is 0.881 bits per heavy atom. The van der Waals surface area contributed by atoms with Gasteiger partial charge in [0.15, 0.2) is 0 Å². The summed E-state index contributed by atoms with van der Waals surface area (Å²) in [5.74, 6) is 1.68. The number of amides is 6.